The van der Waals surface area contributed by atoms with Gasteiger partial charge in [0, 0.05) is 13.6 Å². The number of anilines is 1. The highest BCUT2D eigenvalue weighted by Crippen LogP contribution is 2.35. The fraction of sp³-hybridized carbons (Fsp3) is 0.333. The van der Waals surface area contributed by atoms with E-state index in [-0.39, 0.29) is 27.3 Å². The second-order valence-corrected chi connectivity index (χ2v) is 10.3. The number of nitrogens with zero attached hydrogens (tertiary/aromatic N) is 2. The van der Waals surface area contributed by atoms with Gasteiger partial charge >= 0.3 is 0 Å². The Morgan fingerprint density at radius 3 is 2.30 bits per heavy atom. The molecule has 0 bridgehead atoms. The third kappa shape index (κ3) is 6.89. The summed E-state index contributed by atoms with van der Waals surface area (Å²) >= 11 is 18.2. The van der Waals surface area contributed by atoms with Crippen LogP contribution in [0.15, 0.2) is 36.4 Å². The van der Waals surface area contributed by atoms with Crippen molar-refractivity contribution < 1.29 is 22.7 Å². The summed E-state index contributed by atoms with van der Waals surface area (Å²) in [5, 5.41) is 2.72. The molecule has 0 aliphatic carbocycles. The van der Waals surface area contributed by atoms with E-state index in [1.54, 1.807) is 31.2 Å². The maximum atomic E-state index is 13.4. The lowest BCUT2D eigenvalue weighted by Gasteiger charge is -2.31. The lowest BCUT2D eigenvalue weighted by atomic mass is 10.1. The third-order valence-electron chi connectivity index (χ3n) is 4.84. The molecule has 0 saturated heterocycles. The number of rotatable bonds is 9. The fourth-order valence-corrected chi connectivity index (χ4v) is 4.60. The highest BCUT2D eigenvalue weighted by Gasteiger charge is 2.31. The number of methoxy groups -OCH3 is 1. The highest BCUT2D eigenvalue weighted by atomic mass is 35.5. The van der Waals surface area contributed by atoms with Crippen LogP contribution < -0.4 is 14.4 Å². The van der Waals surface area contributed by atoms with Crippen molar-refractivity contribution in [3.63, 3.8) is 0 Å². The number of hydrogen-bond acceptors (Lipinski definition) is 5. The van der Waals surface area contributed by atoms with Crippen LogP contribution in [0.5, 0.6) is 5.75 Å². The van der Waals surface area contributed by atoms with Gasteiger partial charge in [0.1, 0.15) is 18.3 Å². The number of ether oxygens (including phenoxy) is 1. The van der Waals surface area contributed by atoms with Crippen molar-refractivity contribution in [3.8, 4) is 5.75 Å². The molecule has 180 valence electrons. The van der Waals surface area contributed by atoms with E-state index in [4.69, 9.17) is 39.5 Å². The van der Waals surface area contributed by atoms with Crippen LogP contribution in [0.1, 0.15) is 12.5 Å². The molecule has 33 heavy (non-hydrogen) atoms. The van der Waals surface area contributed by atoms with Crippen molar-refractivity contribution in [1.29, 1.82) is 0 Å². The Kier molecular flexibility index (Phi) is 9.25. The Morgan fingerprint density at radius 2 is 1.73 bits per heavy atom. The Balaban J connectivity index is 2.46. The molecule has 12 heteroatoms. The van der Waals surface area contributed by atoms with Crippen LogP contribution >= 0.6 is 34.8 Å². The van der Waals surface area contributed by atoms with E-state index in [0.29, 0.717) is 11.3 Å². The normalized spacial score (nSPS) is 12.1. The zero-order valence-electron chi connectivity index (χ0n) is 18.4. The van der Waals surface area contributed by atoms with Gasteiger partial charge in [-0.05, 0) is 36.8 Å². The average molecular weight is 537 g/mol. The molecule has 0 radical (unpaired) electrons. The van der Waals surface area contributed by atoms with Gasteiger partial charge in [0.25, 0.3) is 0 Å². The molecule has 0 fully saturated rings. The summed E-state index contributed by atoms with van der Waals surface area (Å²) in [5.74, 6) is -0.459. The monoisotopic (exact) mass is 535 g/mol. The molecule has 2 aromatic rings. The first kappa shape index (κ1) is 27.0. The Labute approximate surface area is 208 Å². The standard InChI is InChI=1S/C21H24Cl3N3O5S/c1-13(21(29)25-2)26(11-14-6-5-7-15(8-14)32-3)20(28)12-27(33(4,30)31)19-10-17(23)16(22)9-18(19)24/h5-10,13H,11-12H2,1-4H3,(H,25,29)/t13-/m0/s1. The number of nitrogens with one attached hydrogen (secondary N) is 1. The molecule has 0 aliphatic rings. The molecule has 1 atom stereocenters. The zero-order valence-corrected chi connectivity index (χ0v) is 21.5. The molecule has 0 spiro atoms. The van der Waals surface area contributed by atoms with Crippen molar-refractivity contribution >= 4 is 62.3 Å². The topological polar surface area (TPSA) is 96.0 Å². The average Bonchev–Trinajstić information content (AvgIpc) is 2.76. The number of hydrogen-bond donors (Lipinski definition) is 1. The van der Waals surface area contributed by atoms with Crippen LogP contribution in [-0.2, 0) is 26.2 Å². The van der Waals surface area contributed by atoms with E-state index < -0.39 is 34.4 Å². The molecule has 8 nitrogen and oxygen atoms in total. The van der Waals surface area contributed by atoms with E-state index >= 15 is 0 Å². The van der Waals surface area contributed by atoms with E-state index in [2.05, 4.69) is 5.32 Å². The molecule has 2 aromatic carbocycles. The van der Waals surface area contributed by atoms with Crippen LogP contribution in [0.25, 0.3) is 0 Å². The van der Waals surface area contributed by atoms with Crippen LogP contribution in [0.3, 0.4) is 0 Å². The molecule has 2 amide bonds. The van der Waals surface area contributed by atoms with Crippen molar-refractivity contribution in [2.45, 2.75) is 19.5 Å². The maximum absolute atomic E-state index is 13.4. The molecule has 0 unspecified atom stereocenters. The SMILES string of the molecule is CNC(=O)[C@H](C)N(Cc1cccc(OC)c1)C(=O)CN(c1cc(Cl)c(Cl)cc1Cl)S(C)(=O)=O. The first-order valence-corrected chi connectivity index (χ1v) is 12.6. The lowest BCUT2D eigenvalue weighted by molar-refractivity contribution is -0.139. The van der Waals surface area contributed by atoms with Crippen molar-refractivity contribution in [2.75, 3.05) is 31.3 Å². The molecule has 0 aromatic heterocycles. The van der Waals surface area contributed by atoms with E-state index in [1.165, 1.54) is 31.2 Å². The minimum absolute atomic E-state index is 0.00122. The van der Waals surface area contributed by atoms with Gasteiger partial charge in [-0.2, -0.15) is 0 Å². The number of likely N-dealkylation sites (N-methyl/N-ethyl adjacent to an activating group) is 1. The summed E-state index contributed by atoms with van der Waals surface area (Å²) in [6.07, 6.45) is 0.938. The predicted octanol–water partition coefficient (Wildman–Crippen LogP) is 3.58. The second kappa shape index (κ2) is 11.3. The van der Waals surface area contributed by atoms with Crippen molar-refractivity contribution in [3.05, 3.63) is 57.0 Å². The number of carbonyl (C=O) groups excluding carboxylic acids is 2. The van der Waals surface area contributed by atoms with Gasteiger partial charge in [-0.3, -0.25) is 13.9 Å². The first-order valence-electron chi connectivity index (χ1n) is 9.65. The summed E-state index contributed by atoms with van der Waals surface area (Å²) in [5.41, 5.74) is 0.688. The molecule has 1 N–H and O–H groups in total. The summed E-state index contributed by atoms with van der Waals surface area (Å²) in [6.45, 7) is 0.979. The largest absolute Gasteiger partial charge is 0.497 e. The Hall–Kier alpha value is -2.20. The minimum atomic E-state index is -3.95. The summed E-state index contributed by atoms with van der Waals surface area (Å²) < 4.78 is 31.2. The van der Waals surface area contributed by atoms with Crippen molar-refractivity contribution in [1.82, 2.24) is 10.2 Å². The molecule has 0 aliphatic heterocycles. The summed E-state index contributed by atoms with van der Waals surface area (Å²) in [6, 6.07) is 8.67. The number of carbonyl (C=O) groups is 2. The molecular weight excluding hydrogens is 513 g/mol. The van der Waals surface area contributed by atoms with E-state index in [9.17, 15) is 18.0 Å². The highest BCUT2D eigenvalue weighted by molar-refractivity contribution is 7.92. The van der Waals surface area contributed by atoms with Gasteiger partial charge in [-0.15, -0.1) is 0 Å². The fourth-order valence-electron chi connectivity index (χ4n) is 3.06. The van der Waals surface area contributed by atoms with Crippen LogP contribution in [0, 0.1) is 0 Å². The van der Waals surface area contributed by atoms with Crippen LogP contribution in [0.2, 0.25) is 15.1 Å². The zero-order chi connectivity index (χ0) is 24.9. The minimum Gasteiger partial charge on any atom is -0.497 e. The van der Waals surface area contributed by atoms with Gasteiger partial charge in [-0.25, -0.2) is 8.42 Å². The number of sulfonamides is 1. The number of benzene rings is 2. The smallest absolute Gasteiger partial charge is 0.244 e. The first-order chi connectivity index (χ1) is 15.4. The maximum Gasteiger partial charge on any atom is 0.244 e. The van der Waals surface area contributed by atoms with Crippen molar-refractivity contribution in [2.24, 2.45) is 0 Å². The quantitative estimate of drug-likeness (QED) is 0.494. The van der Waals surface area contributed by atoms with Gasteiger partial charge in [0.05, 0.1) is 34.1 Å². The predicted molar refractivity (Wildman–Crippen MR) is 131 cm³/mol. The summed E-state index contributed by atoms with van der Waals surface area (Å²) in [7, 11) is -0.991. The Morgan fingerprint density at radius 1 is 1.09 bits per heavy atom. The molecule has 0 saturated carbocycles. The number of amides is 2. The van der Waals surface area contributed by atoms with Gasteiger partial charge < -0.3 is 15.0 Å². The van der Waals surface area contributed by atoms with Gasteiger partial charge in [0.15, 0.2) is 0 Å². The number of halogens is 3. The van der Waals surface area contributed by atoms with Gasteiger partial charge in [-0.1, -0.05) is 46.9 Å². The lowest BCUT2D eigenvalue weighted by Crippen LogP contribution is -2.50. The molecule has 0 heterocycles. The Bertz CT molecular complexity index is 1140. The van der Waals surface area contributed by atoms with Crippen LogP contribution in [0.4, 0.5) is 5.69 Å². The molecular formula is C21H24Cl3N3O5S. The molecule has 2 rings (SSSR count). The second-order valence-electron chi connectivity index (χ2n) is 7.15. The summed E-state index contributed by atoms with van der Waals surface area (Å²) in [4.78, 5) is 27.0. The third-order valence-corrected chi connectivity index (χ3v) is 6.99. The van der Waals surface area contributed by atoms with E-state index in [1.807, 2.05) is 0 Å². The van der Waals surface area contributed by atoms with Crippen LogP contribution in [-0.4, -0.2) is 58.1 Å². The van der Waals surface area contributed by atoms with E-state index in [0.717, 1.165) is 10.6 Å². The van der Waals surface area contributed by atoms with Gasteiger partial charge in [0.2, 0.25) is 21.8 Å².